The fourth-order valence-corrected chi connectivity index (χ4v) is 2.20. The predicted molar refractivity (Wildman–Crippen MR) is 77.2 cm³/mol. The predicted octanol–water partition coefficient (Wildman–Crippen LogP) is 1.47. The standard InChI is InChI=1S/C12H13BrClN3O2/c13-9-2-1-8(7-10(9)14)16-11(18)12(19)17-5-3-15-4-6-17/h1-2,7,15H,3-6H2,(H,16,18). The zero-order valence-electron chi connectivity index (χ0n) is 10.1. The normalized spacial score (nSPS) is 15.2. The van der Waals surface area contributed by atoms with Crippen LogP contribution in [0.25, 0.3) is 0 Å². The Labute approximate surface area is 124 Å². The number of benzene rings is 1. The highest BCUT2D eigenvalue weighted by Crippen LogP contribution is 2.25. The summed E-state index contributed by atoms with van der Waals surface area (Å²) in [6.45, 7) is 2.52. The second-order valence-electron chi connectivity index (χ2n) is 4.13. The number of carbonyl (C=O) groups excluding carboxylic acids is 2. The molecule has 0 saturated carbocycles. The van der Waals surface area contributed by atoms with Crippen LogP contribution in [0.15, 0.2) is 22.7 Å². The smallest absolute Gasteiger partial charge is 0.313 e. The Morgan fingerprint density at radius 3 is 2.63 bits per heavy atom. The number of nitrogens with zero attached hydrogens (tertiary/aromatic N) is 1. The van der Waals surface area contributed by atoms with Crippen molar-refractivity contribution in [1.82, 2.24) is 10.2 Å². The van der Waals surface area contributed by atoms with Crippen LogP contribution >= 0.6 is 27.5 Å². The molecule has 0 unspecified atom stereocenters. The van der Waals surface area contributed by atoms with Gasteiger partial charge in [-0.15, -0.1) is 0 Å². The first kappa shape index (κ1) is 14.3. The van der Waals surface area contributed by atoms with Gasteiger partial charge in [0.25, 0.3) is 0 Å². The van der Waals surface area contributed by atoms with Gasteiger partial charge in [-0.2, -0.15) is 0 Å². The summed E-state index contributed by atoms with van der Waals surface area (Å²) < 4.78 is 0.737. The third kappa shape index (κ3) is 3.68. The Balaban J connectivity index is 1.99. The van der Waals surface area contributed by atoms with E-state index in [1.807, 2.05) is 0 Å². The average Bonchev–Trinajstić information content (AvgIpc) is 2.43. The van der Waals surface area contributed by atoms with Crippen molar-refractivity contribution in [3.05, 3.63) is 27.7 Å². The summed E-state index contributed by atoms with van der Waals surface area (Å²) in [7, 11) is 0. The molecule has 0 bridgehead atoms. The summed E-state index contributed by atoms with van der Waals surface area (Å²) >= 11 is 9.18. The van der Waals surface area contributed by atoms with Crippen LogP contribution in [-0.4, -0.2) is 42.9 Å². The van der Waals surface area contributed by atoms with Crippen LogP contribution < -0.4 is 10.6 Å². The molecule has 1 aliphatic rings. The molecular weight excluding hydrogens is 334 g/mol. The zero-order valence-corrected chi connectivity index (χ0v) is 12.4. The van der Waals surface area contributed by atoms with Gasteiger partial charge in [-0.05, 0) is 34.1 Å². The van der Waals surface area contributed by atoms with Crippen molar-refractivity contribution in [1.29, 1.82) is 0 Å². The molecular formula is C12H13BrClN3O2. The van der Waals surface area contributed by atoms with Crippen LogP contribution in [0.5, 0.6) is 0 Å². The number of rotatable bonds is 1. The first-order valence-electron chi connectivity index (χ1n) is 5.84. The van der Waals surface area contributed by atoms with E-state index in [9.17, 15) is 9.59 Å². The largest absolute Gasteiger partial charge is 0.332 e. The minimum absolute atomic E-state index is 0.479. The molecule has 7 heteroatoms. The molecule has 102 valence electrons. The fraction of sp³-hybridized carbons (Fsp3) is 0.333. The SMILES string of the molecule is O=C(Nc1ccc(Br)c(Cl)c1)C(=O)N1CCNCC1. The van der Waals surface area contributed by atoms with Gasteiger partial charge >= 0.3 is 11.8 Å². The maximum absolute atomic E-state index is 11.9. The highest BCUT2D eigenvalue weighted by molar-refractivity contribution is 9.10. The van der Waals surface area contributed by atoms with E-state index in [0.29, 0.717) is 36.9 Å². The van der Waals surface area contributed by atoms with Crippen molar-refractivity contribution >= 4 is 45.0 Å². The highest BCUT2D eigenvalue weighted by Gasteiger charge is 2.23. The minimum Gasteiger partial charge on any atom is -0.332 e. The summed E-state index contributed by atoms with van der Waals surface area (Å²) in [6, 6.07) is 4.99. The summed E-state index contributed by atoms with van der Waals surface area (Å²) in [5.74, 6) is -1.15. The molecule has 19 heavy (non-hydrogen) atoms. The number of hydrogen-bond acceptors (Lipinski definition) is 3. The van der Waals surface area contributed by atoms with E-state index in [1.165, 1.54) is 4.90 Å². The van der Waals surface area contributed by atoms with Crippen LogP contribution in [0, 0.1) is 0 Å². The lowest BCUT2D eigenvalue weighted by Crippen LogP contribution is -2.49. The minimum atomic E-state index is -0.639. The van der Waals surface area contributed by atoms with Gasteiger partial charge in [0.2, 0.25) is 0 Å². The van der Waals surface area contributed by atoms with Crippen molar-refractivity contribution in [2.24, 2.45) is 0 Å². The summed E-state index contributed by atoms with van der Waals surface area (Å²) in [6.07, 6.45) is 0. The number of nitrogens with one attached hydrogen (secondary N) is 2. The molecule has 2 rings (SSSR count). The maximum atomic E-state index is 11.9. The summed E-state index contributed by atoms with van der Waals surface area (Å²) in [5.41, 5.74) is 0.502. The molecule has 1 aromatic carbocycles. The van der Waals surface area contributed by atoms with Crippen molar-refractivity contribution in [2.75, 3.05) is 31.5 Å². The molecule has 1 heterocycles. The number of piperazine rings is 1. The van der Waals surface area contributed by atoms with E-state index in [0.717, 1.165) is 4.47 Å². The lowest BCUT2D eigenvalue weighted by atomic mass is 10.3. The van der Waals surface area contributed by atoms with Crippen LogP contribution in [0.3, 0.4) is 0 Å². The van der Waals surface area contributed by atoms with E-state index >= 15 is 0 Å². The van der Waals surface area contributed by atoms with Gasteiger partial charge < -0.3 is 15.5 Å². The molecule has 5 nitrogen and oxygen atoms in total. The van der Waals surface area contributed by atoms with Gasteiger partial charge in [-0.3, -0.25) is 9.59 Å². The monoisotopic (exact) mass is 345 g/mol. The van der Waals surface area contributed by atoms with E-state index in [1.54, 1.807) is 18.2 Å². The Bertz CT molecular complexity index is 504. The van der Waals surface area contributed by atoms with Crippen molar-refractivity contribution in [2.45, 2.75) is 0 Å². The molecule has 1 saturated heterocycles. The number of anilines is 1. The number of carbonyl (C=O) groups is 2. The molecule has 0 atom stereocenters. The lowest BCUT2D eigenvalue weighted by Gasteiger charge is -2.26. The van der Waals surface area contributed by atoms with E-state index in [-0.39, 0.29) is 0 Å². The summed E-state index contributed by atoms with van der Waals surface area (Å²) in [4.78, 5) is 25.3. The molecule has 0 aromatic heterocycles. The highest BCUT2D eigenvalue weighted by atomic mass is 79.9. The van der Waals surface area contributed by atoms with Gasteiger partial charge in [0.15, 0.2) is 0 Å². The lowest BCUT2D eigenvalue weighted by molar-refractivity contribution is -0.143. The maximum Gasteiger partial charge on any atom is 0.313 e. The number of hydrogen-bond donors (Lipinski definition) is 2. The second-order valence-corrected chi connectivity index (χ2v) is 5.39. The van der Waals surface area contributed by atoms with E-state index in [4.69, 9.17) is 11.6 Å². The molecule has 2 amide bonds. The topological polar surface area (TPSA) is 61.4 Å². The van der Waals surface area contributed by atoms with Gasteiger partial charge in [0, 0.05) is 36.3 Å². The van der Waals surface area contributed by atoms with E-state index < -0.39 is 11.8 Å². The molecule has 1 aliphatic heterocycles. The third-order valence-electron chi connectivity index (χ3n) is 2.78. The van der Waals surface area contributed by atoms with Gasteiger partial charge in [-0.1, -0.05) is 11.6 Å². The molecule has 0 aliphatic carbocycles. The molecule has 0 radical (unpaired) electrons. The summed E-state index contributed by atoms with van der Waals surface area (Å²) in [5, 5.41) is 6.15. The van der Waals surface area contributed by atoms with Gasteiger partial charge in [0.05, 0.1) is 5.02 Å². The Morgan fingerprint density at radius 2 is 2.00 bits per heavy atom. The number of halogens is 2. The Hall–Kier alpha value is -1.11. The Morgan fingerprint density at radius 1 is 1.32 bits per heavy atom. The van der Waals surface area contributed by atoms with Crippen molar-refractivity contribution in [3.63, 3.8) is 0 Å². The number of amides is 2. The quantitative estimate of drug-likeness (QED) is 0.757. The molecule has 1 fully saturated rings. The third-order valence-corrected chi connectivity index (χ3v) is 4.01. The van der Waals surface area contributed by atoms with Crippen molar-refractivity contribution < 1.29 is 9.59 Å². The van der Waals surface area contributed by atoms with E-state index in [2.05, 4.69) is 26.6 Å². The van der Waals surface area contributed by atoms with Crippen LogP contribution in [0.2, 0.25) is 5.02 Å². The fourth-order valence-electron chi connectivity index (χ4n) is 1.77. The molecule has 0 spiro atoms. The van der Waals surface area contributed by atoms with Crippen LogP contribution in [-0.2, 0) is 9.59 Å². The second kappa shape index (κ2) is 6.36. The van der Waals surface area contributed by atoms with Gasteiger partial charge in [0.1, 0.15) is 0 Å². The van der Waals surface area contributed by atoms with Crippen LogP contribution in [0.1, 0.15) is 0 Å². The van der Waals surface area contributed by atoms with Crippen molar-refractivity contribution in [3.8, 4) is 0 Å². The molecule has 1 aromatic rings. The first-order chi connectivity index (χ1) is 9.08. The van der Waals surface area contributed by atoms with Gasteiger partial charge in [-0.25, -0.2) is 0 Å². The Kier molecular flexibility index (Phi) is 4.79. The van der Waals surface area contributed by atoms with Crippen LogP contribution in [0.4, 0.5) is 5.69 Å². The average molecular weight is 347 g/mol. The zero-order chi connectivity index (χ0) is 13.8. The molecule has 2 N–H and O–H groups in total. The first-order valence-corrected chi connectivity index (χ1v) is 7.01.